The van der Waals surface area contributed by atoms with Gasteiger partial charge in [0.05, 0.1) is 16.2 Å². The summed E-state index contributed by atoms with van der Waals surface area (Å²) < 4.78 is 38.9. The number of hydrogen-bond donors (Lipinski definition) is 1. The van der Waals surface area contributed by atoms with Gasteiger partial charge in [-0.2, -0.15) is 13.2 Å². The molecule has 8 heteroatoms. The van der Waals surface area contributed by atoms with E-state index in [-0.39, 0.29) is 16.8 Å². The quantitative estimate of drug-likeness (QED) is 0.797. The van der Waals surface area contributed by atoms with E-state index in [0.717, 1.165) is 22.7 Å². The third-order valence-electron chi connectivity index (χ3n) is 2.90. The van der Waals surface area contributed by atoms with Crippen molar-refractivity contribution in [3.63, 3.8) is 0 Å². The van der Waals surface area contributed by atoms with Crippen molar-refractivity contribution in [3.8, 4) is 0 Å². The zero-order valence-electron chi connectivity index (χ0n) is 11.4. The predicted octanol–water partition coefficient (Wildman–Crippen LogP) is 4.66. The van der Waals surface area contributed by atoms with E-state index < -0.39 is 11.7 Å². The van der Waals surface area contributed by atoms with Gasteiger partial charge in [-0.1, -0.05) is 18.2 Å². The van der Waals surface area contributed by atoms with Crippen LogP contribution in [0.1, 0.15) is 10.4 Å². The average Bonchev–Trinajstić information content (AvgIpc) is 3.10. The van der Waals surface area contributed by atoms with Crippen LogP contribution in [0.3, 0.4) is 0 Å². The van der Waals surface area contributed by atoms with Crippen LogP contribution in [0.4, 0.5) is 18.9 Å². The second kappa shape index (κ2) is 6.21. The first-order valence-electron chi connectivity index (χ1n) is 6.43. The van der Waals surface area contributed by atoms with Crippen LogP contribution in [0.2, 0.25) is 0 Å². The molecule has 1 N–H and O–H groups in total. The summed E-state index contributed by atoms with van der Waals surface area (Å²) in [6.45, 7) is 0. The molecule has 0 atom stereocenters. The maximum atomic E-state index is 13.0. The standard InChI is InChI=1S/C15H9F3N2OS2/c16-15(17,18)10-5-1-2-6-11(10)19-14-20-13(21)12(23-14)8-9-4-3-7-22-9/h1-8H,(H,19,20,21)/b12-8+. The largest absolute Gasteiger partial charge is 0.418 e. The van der Waals surface area contributed by atoms with Gasteiger partial charge in [-0.15, -0.1) is 11.3 Å². The summed E-state index contributed by atoms with van der Waals surface area (Å²) in [6.07, 6.45) is -2.81. The molecule has 1 fully saturated rings. The van der Waals surface area contributed by atoms with Crippen molar-refractivity contribution in [2.24, 2.45) is 4.99 Å². The van der Waals surface area contributed by atoms with E-state index in [2.05, 4.69) is 10.3 Å². The number of thioether (sulfide) groups is 1. The normalized spacial score (nSPS) is 18.7. The van der Waals surface area contributed by atoms with Gasteiger partial charge in [-0.25, -0.2) is 4.99 Å². The van der Waals surface area contributed by atoms with Gasteiger partial charge in [0.25, 0.3) is 5.91 Å². The van der Waals surface area contributed by atoms with Crippen molar-refractivity contribution in [1.29, 1.82) is 0 Å². The molecule has 1 amide bonds. The smallest absolute Gasteiger partial charge is 0.300 e. The Balaban J connectivity index is 1.90. The number of benzene rings is 1. The number of hydrogen-bond acceptors (Lipinski definition) is 4. The number of carbonyl (C=O) groups is 1. The van der Waals surface area contributed by atoms with E-state index in [4.69, 9.17) is 0 Å². The second-order valence-electron chi connectivity index (χ2n) is 4.51. The minimum Gasteiger partial charge on any atom is -0.300 e. The summed E-state index contributed by atoms with van der Waals surface area (Å²) in [5.41, 5.74) is -1.06. The Morgan fingerprint density at radius 2 is 1.91 bits per heavy atom. The molecule has 0 radical (unpaired) electrons. The fourth-order valence-corrected chi connectivity index (χ4v) is 3.46. The van der Waals surface area contributed by atoms with Gasteiger partial charge in [0.2, 0.25) is 0 Å². The Morgan fingerprint density at radius 1 is 1.13 bits per heavy atom. The monoisotopic (exact) mass is 354 g/mol. The predicted molar refractivity (Wildman–Crippen MR) is 86.6 cm³/mol. The van der Waals surface area contributed by atoms with Crippen LogP contribution in [0.15, 0.2) is 51.7 Å². The zero-order chi connectivity index (χ0) is 16.4. The van der Waals surface area contributed by atoms with Gasteiger partial charge in [-0.3, -0.25) is 4.79 Å². The van der Waals surface area contributed by atoms with E-state index >= 15 is 0 Å². The molecule has 3 nitrogen and oxygen atoms in total. The maximum Gasteiger partial charge on any atom is 0.418 e. The Labute approximate surface area is 137 Å². The lowest BCUT2D eigenvalue weighted by atomic mass is 10.2. The van der Waals surface area contributed by atoms with Gasteiger partial charge in [-0.05, 0) is 41.4 Å². The van der Waals surface area contributed by atoms with Crippen LogP contribution in [-0.4, -0.2) is 11.1 Å². The molecule has 0 aliphatic carbocycles. The molecule has 3 rings (SSSR count). The maximum absolute atomic E-state index is 13.0. The molecular weight excluding hydrogens is 345 g/mol. The molecule has 1 aliphatic heterocycles. The molecule has 1 saturated heterocycles. The molecule has 23 heavy (non-hydrogen) atoms. The minimum atomic E-state index is -4.50. The molecule has 0 saturated carbocycles. The molecule has 118 valence electrons. The van der Waals surface area contributed by atoms with Crippen molar-refractivity contribution in [2.75, 3.05) is 0 Å². The number of para-hydroxylation sites is 1. The molecule has 0 bridgehead atoms. The van der Waals surface area contributed by atoms with Gasteiger partial charge in [0.15, 0.2) is 5.17 Å². The van der Waals surface area contributed by atoms with Crippen LogP contribution < -0.4 is 5.32 Å². The third-order valence-corrected chi connectivity index (χ3v) is 4.63. The SMILES string of the molecule is O=C1NC(=Nc2ccccc2C(F)(F)F)S/C1=C/c1cccs1. The highest BCUT2D eigenvalue weighted by Gasteiger charge is 2.34. The van der Waals surface area contributed by atoms with Gasteiger partial charge >= 0.3 is 6.18 Å². The van der Waals surface area contributed by atoms with Crippen LogP contribution >= 0.6 is 23.1 Å². The molecule has 0 spiro atoms. The van der Waals surface area contributed by atoms with E-state index in [0.29, 0.717) is 4.91 Å². The molecule has 1 aromatic heterocycles. The summed E-state index contributed by atoms with van der Waals surface area (Å²) in [4.78, 5) is 17.1. The molecule has 2 heterocycles. The summed E-state index contributed by atoms with van der Waals surface area (Å²) in [5.74, 6) is -0.369. The lowest BCUT2D eigenvalue weighted by Crippen LogP contribution is -2.19. The molecule has 2 aromatic rings. The van der Waals surface area contributed by atoms with E-state index in [1.54, 1.807) is 6.08 Å². The number of amidine groups is 1. The topological polar surface area (TPSA) is 41.5 Å². The highest BCUT2D eigenvalue weighted by Crippen LogP contribution is 2.37. The molecule has 0 unspecified atom stereocenters. The number of amides is 1. The van der Waals surface area contributed by atoms with Crippen LogP contribution in [0.5, 0.6) is 0 Å². The van der Waals surface area contributed by atoms with Crippen LogP contribution in [0.25, 0.3) is 6.08 Å². The number of rotatable bonds is 2. The first kappa shape index (κ1) is 15.8. The summed E-state index contributed by atoms with van der Waals surface area (Å²) in [5, 5.41) is 4.49. The van der Waals surface area contributed by atoms with Crippen molar-refractivity contribution in [3.05, 3.63) is 57.1 Å². The third kappa shape index (κ3) is 3.65. The zero-order valence-corrected chi connectivity index (χ0v) is 13.1. The Morgan fingerprint density at radius 3 is 2.61 bits per heavy atom. The van der Waals surface area contributed by atoms with Gasteiger partial charge in [0.1, 0.15) is 0 Å². The van der Waals surface area contributed by atoms with E-state index in [9.17, 15) is 18.0 Å². The van der Waals surface area contributed by atoms with E-state index in [1.807, 2.05) is 17.5 Å². The number of thiophene rings is 1. The number of aliphatic imine (C=N–C) groups is 1. The van der Waals surface area contributed by atoms with E-state index in [1.165, 1.54) is 29.5 Å². The second-order valence-corrected chi connectivity index (χ2v) is 6.52. The van der Waals surface area contributed by atoms with Gasteiger partial charge in [0, 0.05) is 4.88 Å². The average molecular weight is 354 g/mol. The summed E-state index contributed by atoms with van der Waals surface area (Å²) >= 11 is 2.49. The first-order chi connectivity index (χ1) is 10.9. The number of nitrogens with zero attached hydrogens (tertiary/aromatic N) is 1. The summed E-state index contributed by atoms with van der Waals surface area (Å²) in [6, 6.07) is 8.70. The number of halogens is 3. The number of carbonyl (C=O) groups excluding carboxylic acids is 1. The fourth-order valence-electron chi connectivity index (χ4n) is 1.90. The highest BCUT2D eigenvalue weighted by atomic mass is 32.2. The highest BCUT2D eigenvalue weighted by molar-refractivity contribution is 8.18. The lowest BCUT2D eigenvalue weighted by Gasteiger charge is -2.09. The van der Waals surface area contributed by atoms with Crippen molar-refractivity contribution >= 4 is 45.9 Å². The molecular formula is C15H9F3N2OS2. The number of nitrogens with one attached hydrogen (secondary N) is 1. The lowest BCUT2D eigenvalue weighted by molar-refractivity contribution is -0.137. The van der Waals surface area contributed by atoms with Crippen LogP contribution in [0, 0.1) is 0 Å². The molecule has 1 aliphatic rings. The fraction of sp³-hybridized carbons (Fsp3) is 0.0667. The van der Waals surface area contributed by atoms with Crippen molar-refractivity contribution < 1.29 is 18.0 Å². The summed E-state index contributed by atoms with van der Waals surface area (Å²) in [7, 11) is 0. The van der Waals surface area contributed by atoms with Crippen LogP contribution in [-0.2, 0) is 11.0 Å². The Hall–Kier alpha value is -2.06. The Kier molecular flexibility index (Phi) is 4.27. The van der Waals surface area contributed by atoms with Crippen molar-refractivity contribution in [2.45, 2.75) is 6.18 Å². The minimum absolute atomic E-state index is 0.134. The first-order valence-corrected chi connectivity index (χ1v) is 8.12. The number of alkyl halides is 3. The van der Waals surface area contributed by atoms with Crippen molar-refractivity contribution in [1.82, 2.24) is 5.32 Å². The van der Waals surface area contributed by atoms with Gasteiger partial charge < -0.3 is 5.32 Å². The Bertz CT molecular complexity index is 795. The molecule has 1 aromatic carbocycles.